The SMILES string of the molecule is CCOc1ccc(C(CN)Cc2cccc(C(F)(F)F)c2)c(C)c1. The van der Waals surface area contributed by atoms with Crippen LogP contribution in [0.4, 0.5) is 13.2 Å². The molecule has 0 saturated carbocycles. The summed E-state index contributed by atoms with van der Waals surface area (Å²) in [6.45, 7) is 4.83. The molecule has 0 heterocycles. The van der Waals surface area contributed by atoms with Crippen molar-refractivity contribution in [2.45, 2.75) is 32.4 Å². The summed E-state index contributed by atoms with van der Waals surface area (Å²) in [4.78, 5) is 0. The van der Waals surface area contributed by atoms with E-state index in [2.05, 4.69) is 0 Å². The molecule has 2 aromatic carbocycles. The summed E-state index contributed by atoms with van der Waals surface area (Å²) in [5.74, 6) is 0.748. The largest absolute Gasteiger partial charge is 0.494 e. The van der Waals surface area contributed by atoms with Crippen molar-refractivity contribution in [2.24, 2.45) is 5.73 Å². The Bertz CT molecular complexity index is 683. The number of alkyl halides is 3. The minimum absolute atomic E-state index is 0.0378. The predicted octanol–water partition coefficient (Wildman–Crippen LogP) is 4.70. The van der Waals surface area contributed by atoms with E-state index in [4.69, 9.17) is 10.5 Å². The van der Waals surface area contributed by atoms with Crippen LogP contribution in [-0.2, 0) is 12.6 Å². The van der Waals surface area contributed by atoms with E-state index >= 15 is 0 Å². The highest BCUT2D eigenvalue weighted by atomic mass is 19.4. The van der Waals surface area contributed by atoms with Crippen molar-refractivity contribution >= 4 is 0 Å². The summed E-state index contributed by atoms with van der Waals surface area (Å²) >= 11 is 0. The first-order valence-electron chi connectivity index (χ1n) is 7.94. The zero-order chi connectivity index (χ0) is 17.7. The second-order valence-electron chi connectivity index (χ2n) is 5.79. The predicted molar refractivity (Wildman–Crippen MR) is 89.3 cm³/mol. The highest BCUT2D eigenvalue weighted by molar-refractivity contribution is 5.38. The van der Waals surface area contributed by atoms with Crippen molar-refractivity contribution < 1.29 is 17.9 Å². The Morgan fingerprint density at radius 3 is 2.46 bits per heavy atom. The normalized spacial score (nSPS) is 12.9. The number of hydrogen-bond acceptors (Lipinski definition) is 2. The van der Waals surface area contributed by atoms with Gasteiger partial charge in [-0.25, -0.2) is 0 Å². The van der Waals surface area contributed by atoms with Gasteiger partial charge in [-0.1, -0.05) is 24.3 Å². The molecule has 0 fully saturated rings. The fraction of sp³-hybridized carbons (Fsp3) is 0.368. The molecule has 0 spiro atoms. The van der Waals surface area contributed by atoms with E-state index in [1.165, 1.54) is 12.1 Å². The van der Waals surface area contributed by atoms with Gasteiger partial charge < -0.3 is 10.5 Å². The lowest BCUT2D eigenvalue weighted by atomic mass is 9.88. The molecule has 2 N–H and O–H groups in total. The maximum atomic E-state index is 12.9. The Labute approximate surface area is 140 Å². The number of hydrogen-bond donors (Lipinski definition) is 1. The first kappa shape index (κ1) is 18.3. The maximum absolute atomic E-state index is 12.9. The fourth-order valence-electron chi connectivity index (χ4n) is 2.84. The topological polar surface area (TPSA) is 35.2 Å². The van der Waals surface area contributed by atoms with Crippen molar-refractivity contribution in [1.29, 1.82) is 0 Å². The van der Waals surface area contributed by atoms with E-state index in [-0.39, 0.29) is 5.92 Å². The van der Waals surface area contributed by atoms with Crippen LogP contribution in [0.2, 0.25) is 0 Å². The molecule has 0 radical (unpaired) electrons. The second-order valence-corrected chi connectivity index (χ2v) is 5.79. The Morgan fingerprint density at radius 2 is 1.88 bits per heavy atom. The third-order valence-electron chi connectivity index (χ3n) is 4.01. The quantitative estimate of drug-likeness (QED) is 0.829. The Kier molecular flexibility index (Phi) is 5.89. The first-order chi connectivity index (χ1) is 11.3. The van der Waals surface area contributed by atoms with Crippen LogP contribution in [0.25, 0.3) is 0 Å². The van der Waals surface area contributed by atoms with Crippen LogP contribution < -0.4 is 10.5 Å². The number of nitrogens with two attached hydrogens (primary N) is 1. The zero-order valence-corrected chi connectivity index (χ0v) is 13.9. The molecule has 0 aliphatic heterocycles. The van der Waals surface area contributed by atoms with Crippen LogP contribution >= 0.6 is 0 Å². The van der Waals surface area contributed by atoms with Gasteiger partial charge in [0.2, 0.25) is 0 Å². The highest BCUT2D eigenvalue weighted by Gasteiger charge is 2.30. The molecule has 1 atom stereocenters. The summed E-state index contributed by atoms with van der Waals surface area (Å²) in [6, 6.07) is 11.2. The number of halogens is 3. The van der Waals surface area contributed by atoms with Crippen molar-refractivity contribution in [1.82, 2.24) is 0 Å². The molecule has 0 aliphatic rings. The van der Waals surface area contributed by atoms with Crippen molar-refractivity contribution in [3.63, 3.8) is 0 Å². The number of rotatable bonds is 6. The lowest BCUT2D eigenvalue weighted by molar-refractivity contribution is -0.137. The molecule has 0 amide bonds. The van der Waals surface area contributed by atoms with Crippen LogP contribution in [0.1, 0.15) is 35.1 Å². The van der Waals surface area contributed by atoms with Gasteiger partial charge >= 0.3 is 6.18 Å². The molecular weight excluding hydrogens is 315 g/mol. The smallest absolute Gasteiger partial charge is 0.416 e. The van der Waals surface area contributed by atoms with Crippen molar-refractivity contribution in [3.8, 4) is 5.75 Å². The van der Waals surface area contributed by atoms with Crippen LogP contribution in [0, 0.1) is 6.92 Å². The summed E-state index contributed by atoms with van der Waals surface area (Å²) in [5.41, 5.74) is 7.97. The van der Waals surface area contributed by atoms with E-state index < -0.39 is 11.7 Å². The van der Waals surface area contributed by atoms with Gasteiger partial charge in [-0.15, -0.1) is 0 Å². The number of benzene rings is 2. The summed E-state index contributed by atoms with van der Waals surface area (Å²) in [5, 5.41) is 0. The van der Waals surface area contributed by atoms with Gasteiger partial charge in [0.15, 0.2) is 0 Å². The molecular formula is C19H22F3NO. The monoisotopic (exact) mass is 337 g/mol. The molecule has 1 unspecified atom stereocenters. The zero-order valence-electron chi connectivity index (χ0n) is 13.9. The molecule has 130 valence electrons. The molecule has 0 aliphatic carbocycles. The first-order valence-corrected chi connectivity index (χ1v) is 7.94. The lowest BCUT2D eigenvalue weighted by Crippen LogP contribution is -2.16. The average Bonchev–Trinajstić information content (AvgIpc) is 2.53. The fourth-order valence-corrected chi connectivity index (χ4v) is 2.84. The van der Waals surface area contributed by atoms with Crippen LogP contribution in [0.5, 0.6) is 5.75 Å². The molecule has 2 aromatic rings. The summed E-state index contributed by atoms with van der Waals surface area (Å²) in [6.07, 6.45) is -3.86. The van der Waals surface area contributed by atoms with E-state index in [1.807, 2.05) is 32.0 Å². The summed E-state index contributed by atoms with van der Waals surface area (Å²) < 4.78 is 44.0. The summed E-state index contributed by atoms with van der Waals surface area (Å²) in [7, 11) is 0. The standard InChI is InChI=1S/C19H22F3NO/c1-3-24-17-7-8-18(13(2)9-17)15(12-23)10-14-5-4-6-16(11-14)19(20,21)22/h4-9,11,15H,3,10,12,23H2,1-2H3. The number of aryl methyl sites for hydroxylation is 1. The second kappa shape index (κ2) is 7.71. The van der Waals surface area contributed by atoms with E-state index in [9.17, 15) is 13.2 Å². The van der Waals surface area contributed by atoms with Crippen molar-refractivity contribution in [2.75, 3.05) is 13.2 Å². The molecule has 0 bridgehead atoms. The third kappa shape index (κ3) is 4.51. The van der Waals surface area contributed by atoms with E-state index in [0.717, 1.165) is 22.9 Å². The Morgan fingerprint density at radius 1 is 1.12 bits per heavy atom. The van der Waals surface area contributed by atoms with Crippen LogP contribution in [-0.4, -0.2) is 13.2 Å². The van der Waals surface area contributed by atoms with Crippen LogP contribution in [0.3, 0.4) is 0 Å². The molecule has 0 saturated heterocycles. The Balaban J connectivity index is 2.24. The van der Waals surface area contributed by atoms with Gasteiger partial charge in [0.25, 0.3) is 0 Å². The van der Waals surface area contributed by atoms with Gasteiger partial charge in [0.05, 0.1) is 12.2 Å². The number of ether oxygens (including phenoxy) is 1. The van der Waals surface area contributed by atoms with Gasteiger partial charge in [-0.3, -0.25) is 0 Å². The van der Waals surface area contributed by atoms with Gasteiger partial charge in [-0.05, 0) is 61.7 Å². The highest BCUT2D eigenvalue weighted by Crippen LogP contribution is 2.31. The minimum atomic E-state index is -4.33. The maximum Gasteiger partial charge on any atom is 0.416 e. The van der Waals surface area contributed by atoms with Crippen molar-refractivity contribution in [3.05, 3.63) is 64.7 Å². The average molecular weight is 337 g/mol. The van der Waals surface area contributed by atoms with Gasteiger partial charge in [0, 0.05) is 5.92 Å². The van der Waals surface area contributed by atoms with Crippen LogP contribution in [0.15, 0.2) is 42.5 Å². The molecule has 0 aromatic heterocycles. The van der Waals surface area contributed by atoms with Gasteiger partial charge in [-0.2, -0.15) is 13.2 Å². The molecule has 5 heteroatoms. The Hall–Kier alpha value is -2.01. The third-order valence-corrected chi connectivity index (χ3v) is 4.01. The van der Waals surface area contributed by atoms with E-state index in [1.54, 1.807) is 6.07 Å². The lowest BCUT2D eigenvalue weighted by Gasteiger charge is -2.19. The molecule has 24 heavy (non-hydrogen) atoms. The minimum Gasteiger partial charge on any atom is -0.494 e. The van der Waals surface area contributed by atoms with E-state index in [0.29, 0.717) is 25.1 Å². The molecule has 2 nitrogen and oxygen atoms in total. The van der Waals surface area contributed by atoms with Gasteiger partial charge in [0.1, 0.15) is 5.75 Å². The molecule has 2 rings (SSSR count).